The second-order valence-corrected chi connectivity index (χ2v) is 9.03. The third kappa shape index (κ3) is 8.77. The summed E-state index contributed by atoms with van der Waals surface area (Å²) in [5.41, 5.74) is 2.43. The molecule has 0 aliphatic rings. The molecule has 1 unspecified atom stereocenters. The summed E-state index contributed by atoms with van der Waals surface area (Å²) < 4.78 is 10.9. The molecular formula is C30H35N3O6. The second-order valence-electron chi connectivity index (χ2n) is 9.03. The first-order valence-corrected chi connectivity index (χ1v) is 12.8. The van der Waals surface area contributed by atoms with Gasteiger partial charge in [0.05, 0.1) is 7.11 Å². The van der Waals surface area contributed by atoms with Crippen LogP contribution in [0.4, 0.5) is 4.79 Å². The number of nitrogens with zero attached hydrogens (tertiary/aromatic N) is 1. The minimum absolute atomic E-state index is 0.00553. The lowest BCUT2D eigenvalue weighted by Gasteiger charge is -2.26. The van der Waals surface area contributed by atoms with Crippen LogP contribution in [0.2, 0.25) is 0 Å². The van der Waals surface area contributed by atoms with Crippen LogP contribution in [0.5, 0.6) is 11.5 Å². The van der Waals surface area contributed by atoms with Crippen LogP contribution in [0.3, 0.4) is 0 Å². The molecule has 0 aliphatic carbocycles. The third-order valence-electron chi connectivity index (χ3n) is 6.08. The van der Waals surface area contributed by atoms with E-state index in [9.17, 15) is 19.5 Å². The Balaban J connectivity index is 1.67. The molecule has 39 heavy (non-hydrogen) atoms. The van der Waals surface area contributed by atoms with E-state index in [2.05, 4.69) is 10.6 Å². The van der Waals surface area contributed by atoms with Gasteiger partial charge in [0.25, 0.3) is 5.91 Å². The number of aromatic hydroxyl groups is 1. The number of ether oxygens (including phenoxy) is 2. The van der Waals surface area contributed by atoms with Gasteiger partial charge in [-0.05, 0) is 48.7 Å². The van der Waals surface area contributed by atoms with Gasteiger partial charge in [-0.25, -0.2) is 4.79 Å². The van der Waals surface area contributed by atoms with Crippen LogP contribution >= 0.6 is 0 Å². The van der Waals surface area contributed by atoms with Crippen LogP contribution in [0.1, 0.15) is 40.4 Å². The van der Waals surface area contributed by atoms with Crippen molar-refractivity contribution in [2.24, 2.45) is 0 Å². The van der Waals surface area contributed by atoms with Crippen molar-refractivity contribution < 1.29 is 29.0 Å². The minimum Gasteiger partial charge on any atom is -0.508 e. The fraction of sp³-hybridized carbons (Fsp3) is 0.300. The highest BCUT2D eigenvalue weighted by Gasteiger charge is 2.24. The molecule has 0 spiro atoms. The molecule has 3 rings (SSSR count). The van der Waals surface area contributed by atoms with Gasteiger partial charge in [0.2, 0.25) is 5.91 Å². The van der Waals surface area contributed by atoms with Crippen molar-refractivity contribution >= 4 is 17.9 Å². The van der Waals surface area contributed by atoms with E-state index in [1.54, 1.807) is 26.2 Å². The Morgan fingerprint density at radius 1 is 0.949 bits per heavy atom. The van der Waals surface area contributed by atoms with Gasteiger partial charge < -0.3 is 25.2 Å². The molecule has 0 aliphatic heterocycles. The molecule has 0 fully saturated rings. The van der Waals surface area contributed by atoms with Crippen molar-refractivity contribution in [2.45, 2.75) is 39.5 Å². The molecule has 3 aromatic carbocycles. The van der Waals surface area contributed by atoms with Gasteiger partial charge in [0.1, 0.15) is 18.0 Å². The van der Waals surface area contributed by atoms with Crippen LogP contribution in [-0.2, 0) is 22.5 Å². The van der Waals surface area contributed by atoms with Crippen LogP contribution in [0.25, 0.3) is 0 Å². The van der Waals surface area contributed by atoms with E-state index in [-0.39, 0.29) is 30.2 Å². The topological polar surface area (TPSA) is 117 Å². The summed E-state index contributed by atoms with van der Waals surface area (Å²) in [5, 5.41) is 15.6. The maximum atomic E-state index is 13.2. The molecule has 0 heterocycles. The van der Waals surface area contributed by atoms with E-state index in [1.807, 2.05) is 61.5 Å². The lowest BCUT2D eigenvalue weighted by atomic mass is 10.1. The Bertz CT molecular complexity index is 1250. The maximum Gasteiger partial charge on any atom is 0.412 e. The molecule has 0 saturated heterocycles. The largest absolute Gasteiger partial charge is 0.508 e. The smallest absolute Gasteiger partial charge is 0.412 e. The maximum absolute atomic E-state index is 13.2. The summed E-state index contributed by atoms with van der Waals surface area (Å²) in [6.07, 6.45) is -0.889. The number of rotatable bonds is 12. The molecule has 3 N–H and O–H groups in total. The number of benzene rings is 3. The lowest BCUT2D eigenvalue weighted by Crippen LogP contribution is -2.46. The molecule has 0 saturated carbocycles. The van der Waals surface area contributed by atoms with Crippen molar-refractivity contribution in [1.82, 2.24) is 15.5 Å². The predicted octanol–water partition coefficient (Wildman–Crippen LogP) is 4.17. The quantitative estimate of drug-likeness (QED) is 0.301. The zero-order chi connectivity index (χ0) is 28.2. The number of nitrogens with one attached hydrogen (secondary N) is 2. The number of methoxy groups -OCH3 is 1. The van der Waals surface area contributed by atoms with Crippen molar-refractivity contribution in [1.29, 1.82) is 0 Å². The first-order valence-electron chi connectivity index (χ1n) is 12.8. The Morgan fingerprint density at radius 2 is 1.67 bits per heavy atom. The number of phenols is 1. The fourth-order valence-corrected chi connectivity index (χ4v) is 3.92. The number of amides is 3. The van der Waals surface area contributed by atoms with Crippen molar-refractivity contribution in [3.05, 3.63) is 95.1 Å². The average Bonchev–Trinajstić information content (AvgIpc) is 2.93. The van der Waals surface area contributed by atoms with Gasteiger partial charge in [-0.2, -0.15) is 0 Å². The van der Waals surface area contributed by atoms with E-state index >= 15 is 0 Å². The van der Waals surface area contributed by atoms with Gasteiger partial charge in [0.15, 0.2) is 6.23 Å². The first kappa shape index (κ1) is 29.0. The SMILES string of the molecule is CCCN(CC(=O)NCc1ccc(OC)cc1)C(=O)OC(Cc1ccccc1)NC(=O)c1cccc(O)c1C. The summed E-state index contributed by atoms with van der Waals surface area (Å²) in [4.78, 5) is 40.2. The Hall–Kier alpha value is -4.53. The standard InChI is InChI=1S/C30H35N3O6/c1-4-17-33(20-27(35)31-19-23-13-15-24(38-3)16-14-23)30(37)39-28(18-22-9-6-5-7-10-22)32-29(36)25-11-8-12-26(34)21(25)2/h5-16,28,34H,4,17-20H2,1-3H3,(H,31,35)(H,32,36). The summed E-state index contributed by atoms with van der Waals surface area (Å²) in [7, 11) is 1.58. The van der Waals surface area contributed by atoms with Gasteiger partial charge >= 0.3 is 6.09 Å². The van der Waals surface area contributed by atoms with Crippen LogP contribution in [0, 0.1) is 6.92 Å². The average molecular weight is 534 g/mol. The van der Waals surface area contributed by atoms with Gasteiger partial charge in [-0.1, -0.05) is 55.5 Å². The molecule has 3 aromatic rings. The van der Waals surface area contributed by atoms with E-state index in [1.165, 1.54) is 11.0 Å². The van der Waals surface area contributed by atoms with Gasteiger partial charge in [-0.15, -0.1) is 0 Å². The summed E-state index contributed by atoms with van der Waals surface area (Å²) in [6, 6.07) is 21.3. The van der Waals surface area contributed by atoms with E-state index < -0.39 is 18.2 Å². The molecule has 1 atom stereocenters. The number of hydrogen-bond donors (Lipinski definition) is 3. The Morgan fingerprint density at radius 3 is 2.33 bits per heavy atom. The van der Waals surface area contributed by atoms with Crippen LogP contribution < -0.4 is 15.4 Å². The number of carbonyl (C=O) groups is 3. The number of carbonyl (C=O) groups excluding carboxylic acids is 3. The molecule has 0 radical (unpaired) electrons. The van der Waals surface area contributed by atoms with E-state index in [4.69, 9.17) is 9.47 Å². The van der Waals surface area contributed by atoms with Crippen molar-refractivity contribution in [3.63, 3.8) is 0 Å². The molecule has 206 valence electrons. The fourth-order valence-electron chi connectivity index (χ4n) is 3.92. The first-order chi connectivity index (χ1) is 18.8. The number of hydrogen-bond acceptors (Lipinski definition) is 6. The van der Waals surface area contributed by atoms with Gasteiger partial charge in [-0.3, -0.25) is 14.5 Å². The monoisotopic (exact) mass is 533 g/mol. The van der Waals surface area contributed by atoms with Gasteiger partial charge in [0, 0.05) is 30.6 Å². The summed E-state index contributed by atoms with van der Waals surface area (Å²) in [5.74, 6) is -0.112. The predicted molar refractivity (Wildman–Crippen MR) is 147 cm³/mol. The van der Waals surface area contributed by atoms with Crippen molar-refractivity contribution in [2.75, 3.05) is 20.2 Å². The van der Waals surface area contributed by atoms with E-state index in [0.717, 1.165) is 16.9 Å². The highest BCUT2D eigenvalue weighted by Crippen LogP contribution is 2.20. The highest BCUT2D eigenvalue weighted by atomic mass is 16.6. The molecule has 0 aromatic heterocycles. The summed E-state index contributed by atoms with van der Waals surface area (Å²) >= 11 is 0. The third-order valence-corrected chi connectivity index (χ3v) is 6.08. The zero-order valence-electron chi connectivity index (χ0n) is 22.5. The lowest BCUT2D eigenvalue weighted by molar-refractivity contribution is -0.122. The highest BCUT2D eigenvalue weighted by molar-refractivity contribution is 5.96. The Kier molecular flexibility index (Phi) is 10.7. The molecule has 3 amide bonds. The normalized spacial score (nSPS) is 11.3. The summed E-state index contributed by atoms with van der Waals surface area (Å²) in [6.45, 7) is 3.93. The van der Waals surface area contributed by atoms with E-state index in [0.29, 0.717) is 25.1 Å². The molecule has 9 heteroatoms. The molecular weight excluding hydrogens is 498 g/mol. The molecule has 0 bridgehead atoms. The second kappa shape index (κ2) is 14.4. The Labute approximate surface area is 228 Å². The zero-order valence-corrected chi connectivity index (χ0v) is 22.5. The van der Waals surface area contributed by atoms with Crippen molar-refractivity contribution in [3.8, 4) is 11.5 Å². The van der Waals surface area contributed by atoms with Crippen LogP contribution in [0.15, 0.2) is 72.8 Å². The molecule has 9 nitrogen and oxygen atoms in total. The minimum atomic E-state index is -1.00. The van der Waals surface area contributed by atoms with Crippen LogP contribution in [-0.4, -0.2) is 54.3 Å². The number of phenolic OH excluding ortho intramolecular Hbond substituents is 1.